The number of hydrogen-bond acceptors (Lipinski definition) is 6. The lowest BCUT2D eigenvalue weighted by Crippen LogP contribution is -2.43. The number of ether oxygens (including phenoxy) is 1. The maximum atomic E-state index is 13.6. The Labute approximate surface area is 225 Å². The number of nitrogens with zero attached hydrogens (tertiary/aromatic N) is 3. The Kier molecular flexibility index (Phi) is 10.6. The van der Waals surface area contributed by atoms with Crippen molar-refractivity contribution in [3.63, 3.8) is 0 Å². The van der Waals surface area contributed by atoms with Crippen LogP contribution >= 0.6 is 22.9 Å². The highest BCUT2D eigenvalue weighted by atomic mass is 35.5. The lowest BCUT2D eigenvalue weighted by Gasteiger charge is -2.28. The van der Waals surface area contributed by atoms with E-state index in [1.54, 1.807) is 16.2 Å². The van der Waals surface area contributed by atoms with Crippen molar-refractivity contribution in [1.82, 2.24) is 9.80 Å². The predicted molar refractivity (Wildman–Crippen MR) is 145 cm³/mol. The zero-order valence-corrected chi connectivity index (χ0v) is 22.5. The fourth-order valence-corrected chi connectivity index (χ4v) is 4.87. The number of aryl methyl sites for hydroxylation is 1. The predicted octanol–water partition coefficient (Wildman–Crippen LogP) is 5.72. The Morgan fingerprint density at radius 1 is 1.08 bits per heavy atom. The molecule has 0 radical (unpaired) electrons. The second-order valence-corrected chi connectivity index (χ2v) is 9.87. The fourth-order valence-electron chi connectivity index (χ4n) is 3.76. The van der Waals surface area contributed by atoms with E-state index in [1.165, 1.54) is 17.0 Å². The summed E-state index contributed by atoms with van der Waals surface area (Å²) in [6.45, 7) is 5.77. The first-order valence-corrected chi connectivity index (χ1v) is 13.2. The first kappa shape index (κ1) is 28.3. The van der Waals surface area contributed by atoms with Crippen LogP contribution in [-0.4, -0.2) is 52.8 Å². The molecular weight excluding hydrogens is 514 g/mol. The molecule has 0 saturated heterocycles. The van der Waals surface area contributed by atoms with Gasteiger partial charge in [-0.05, 0) is 55.0 Å². The Balaban J connectivity index is 1.85. The highest BCUT2D eigenvalue weighted by molar-refractivity contribution is 7.10. The quantitative estimate of drug-likeness (QED) is 0.156. The van der Waals surface area contributed by atoms with Crippen molar-refractivity contribution in [3.8, 4) is 0 Å². The van der Waals surface area contributed by atoms with E-state index < -0.39 is 10.8 Å². The number of nitro groups is 1. The first-order chi connectivity index (χ1) is 17.8. The lowest BCUT2D eigenvalue weighted by atomic mass is 10.1. The molecular formula is C27H30ClN3O5S. The average Bonchev–Trinajstić information content (AvgIpc) is 3.29. The fraction of sp³-hybridized carbons (Fsp3) is 0.333. The lowest BCUT2D eigenvalue weighted by molar-refractivity contribution is -0.384. The minimum Gasteiger partial charge on any atom is -0.382 e. The van der Waals surface area contributed by atoms with Gasteiger partial charge >= 0.3 is 0 Å². The molecule has 0 aliphatic heterocycles. The Hall–Kier alpha value is -3.27. The summed E-state index contributed by atoms with van der Waals surface area (Å²) in [6.07, 6.45) is 0.519. The maximum Gasteiger partial charge on any atom is 0.288 e. The standard InChI is InChI=1S/C27H30ClN3O5S/c1-3-36-14-7-13-29(27(33)22-10-11-23(28)24(16-22)31(34)35)19-26(32)30(17-21-8-5-4-6-9-21)18-25-20(2)12-15-37-25/h4-6,8-12,15-16H,3,7,13-14,17-19H2,1-2H3. The number of thiophene rings is 1. The van der Waals surface area contributed by atoms with Gasteiger partial charge < -0.3 is 14.5 Å². The second-order valence-electron chi connectivity index (χ2n) is 8.46. The number of hydrogen-bond donors (Lipinski definition) is 0. The van der Waals surface area contributed by atoms with Gasteiger partial charge in [-0.15, -0.1) is 11.3 Å². The summed E-state index contributed by atoms with van der Waals surface area (Å²) in [5.74, 6) is -0.693. The molecule has 2 amide bonds. The average molecular weight is 544 g/mol. The van der Waals surface area contributed by atoms with E-state index in [4.69, 9.17) is 16.3 Å². The molecule has 196 valence electrons. The Morgan fingerprint density at radius 3 is 2.49 bits per heavy atom. The maximum absolute atomic E-state index is 13.6. The molecule has 37 heavy (non-hydrogen) atoms. The zero-order valence-electron chi connectivity index (χ0n) is 20.9. The molecule has 3 aromatic rings. The number of nitro benzene ring substituents is 1. The molecule has 2 aromatic carbocycles. The molecule has 0 spiro atoms. The van der Waals surface area contributed by atoms with Crippen LogP contribution in [0.5, 0.6) is 0 Å². The van der Waals surface area contributed by atoms with E-state index in [2.05, 4.69) is 0 Å². The SMILES string of the molecule is CCOCCCN(CC(=O)N(Cc1ccccc1)Cc1sccc1C)C(=O)c1ccc(Cl)c([N+](=O)[O-])c1. The van der Waals surface area contributed by atoms with Crippen LogP contribution in [0.3, 0.4) is 0 Å². The molecule has 0 unspecified atom stereocenters. The molecule has 8 nitrogen and oxygen atoms in total. The molecule has 0 atom stereocenters. The molecule has 1 aromatic heterocycles. The van der Waals surface area contributed by atoms with Crippen LogP contribution in [0.1, 0.15) is 39.7 Å². The molecule has 0 aliphatic rings. The molecule has 0 N–H and O–H groups in total. The van der Waals surface area contributed by atoms with Crippen molar-refractivity contribution in [3.05, 3.63) is 96.7 Å². The van der Waals surface area contributed by atoms with E-state index >= 15 is 0 Å². The van der Waals surface area contributed by atoms with Crippen LogP contribution in [0.15, 0.2) is 60.0 Å². The van der Waals surface area contributed by atoms with E-state index in [0.29, 0.717) is 32.7 Å². The number of halogens is 1. The smallest absolute Gasteiger partial charge is 0.288 e. The van der Waals surface area contributed by atoms with E-state index in [9.17, 15) is 19.7 Å². The summed E-state index contributed by atoms with van der Waals surface area (Å²) in [6, 6.07) is 15.6. The van der Waals surface area contributed by atoms with Gasteiger partial charge in [0.1, 0.15) is 11.6 Å². The van der Waals surface area contributed by atoms with Crippen LogP contribution in [0.2, 0.25) is 5.02 Å². The van der Waals surface area contributed by atoms with Gasteiger partial charge in [0.05, 0.1) is 11.5 Å². The largest absolute Gasteiger partial charge is 0.382 e. The van der Waals surface area contributed by atoms with E-state index in [-0.39, 0.29) is 35.3 Å². The van der Waals surface area contributed by atoms with E-state index in [0.717, 1.165) is 22.1 Å². The normalized spacial score (nSPS) is 10.8. The van der Waals surface area contributed by atoms with Crippen LogP contribution in [0.25, 0.3) is 0 Å². The molecule has 0 saturated carbocycles. The van der Waals surface area contributed by atoms with Gasteiger partial charge in [-0.3, -0.25) is 19.7 Å². The number of benzene rings is 2. The highest BCUT2D eigenvalue weighted by Gasteiger charge is 2.25. The van der Waals surface area contributed by atoms with Crippen LogP contribution < -0.4 is 0 Å². The molecule has 1 heterocycles. The van der Waals surface area contributed by atoms with E-state index in [1.807, 2.05) is 55.6 Å². The Morgan fingerprint density at radius 2 is 1.84 bits per heavy atom. The Bertz CT molecular complexity index is 1220. The third-order valence-corrected chi connectivity index (χ3v) is 7.12. The molecule has 0 bridgehead atoms. The van der Waals surface area contributed by atoms with Crippen molar-refractivity contribution in [2.24, 2.45) is 0 Å². The van der Waals surface area contributed by atoms with Crippen molar-refractivity contribution in [2.45, 2.75) is 33.4 Å². The zero-order chi connectivity index (χ0) is 26.8. The van der Waals surface area contributed by atoms with Crippen molar-refractivity contribution in [2.75, 3.05) is 26.3 Å². The summed E-state index contributed by atoms with van der Waals surface area (Å²) >= 11 is 7.52. The molecule has 10 heteroatoms. The molecule has 0 fully saturated rings. The van der Waals surface area contributed by atoms with Gasteiger partial charge in [-0.2, -0.15) is 0 Å². The topological polar surface area (TPSA) is 93.0 Å². The van der Waals surface area contributed by atoms with Crippen molar-refractivity contribution < 1.29 is 19.2 Å². The number of carbonyl (C=O) groups is 2. The number of amides is 2. The minimum atomic E-state index is -0.630. The van der Waals surface area contributed by atoms with Crippen LogP contribution in [-0.2, 0) is 22.6 Å². The van der Waals surface area contributed by atoms with Gasteiger partial charge in [-0.25, -0.2) is 0 Å². The van der Waals surface area contributed by atoms with Gasteiger partial charge in [-0.1, -0.05) is 41.9 Å². The van der Waals surface area contributed by atoms with Gasteiger partial charge in [0.25, 0.3) is 11.6 Å². The summed E-state index contributed by atoms with van der Waals surface area (Å²) in [7, 11) is 0. The third kappa shape index (κ3) is 8.11. The summed E-state index contributed by atoms with van der Waals surface area (Å²) in [5.41, 5.74) is 1.83. The summed E-state index contributed by atoms with van der Waals surface area (Å²) in [5, 5.41) is 13.3. The summed E-state index contributed by atoms with van der Waals surface area (Å²) in [4.78, 5) is 42.0. The molecule has 0 aliphatic carbocycles. The van der Waals surface area contributed by atoms with Crippen molar-refractivity contribution >= 4 is 40.4 Å². The highest BCUT2D eigenvalue weighted by Crippen LogP contribution is 2.26. The molecule has 3 rings (SSSR count). The minimum absolute atomic E-state index is 0.0547. The van der Waals surface area contributed by atoms with Crippen LogP contribution in [0, 0.1) is 17.0 Å². The monoisotopic (exact) mass is 543 g/mol. The van der Waals surface area contributed by atoms with Gasteiger partial charge in [0.15, 0.2) is 0 Å². The van der Waals surface area contributed by atoms with Crippen molar-refractivity contribution in [1.29, 1.82) is 0 Å². The van der Waals surface area contributed by atoms with Gasteiger partial charge in [0, 0.05) is 42.8 Å². The number of rotatable bonds is 13. The summed E-state index contributed by atoms with van der Waals surface area (Å²) < 4.78 is 5.41. The third-order valence-electron chi connectivity index (χ3n) is 5.80. The van der Waals surface area contributed by atoms with Gasteiger partial charge in [0.2, 0.25) is 5.91 Å². The number of carbonyl (C=O) groups excluding carboxylic acids is 2. The second kappa shape index (κ2) is 13.9. The van der Waals surface area contributed by atoms with Crippen LogP contribution in [0.4, 0.5) is 5.69 Å². The first-order valence-electron chi connectivity index (χ1n) is 12.0.